The molecule has 0 aliphatic carbocycles. The second-order valence-electron chi connectivity index (χ2n) is 5.40. The monoisotopic (exact) mass is 257 g/mol. The van der Waals surface area contributed by atoms with Crippen LogP contribution in [0.25, 0.3) is 0 Å². The number of carboxylic acid groups (broad SMARTS) is 1. The molecule has 0 spiro atoms. The van der Waals surface area contributed by atoms with Crippen molar-refractivity contribution >= 4 is 6.09 Å². The van der Waals surface area contributed by atoms with E-state index in [2.05, 4.69) is 33.0 Å². The third-order valence-corrected chi connectivity index (χ3v) is 4.11. The maximum absolute atomic E-state index is 10.7. The second-order valence-corrected chi connectivity index (χ2v) is 5.40. The molecule has 0 radical (unpaired) electrons. The van der Waals surface area contributed by atoms with Gasteiger partial charge in [0.25, 0.3) is 0 Å². The van der Waals surface area contributed by atoms with E-state index in [1.807, 2.05) is 0 Å². The van der Waals surface area contributed by atoms with Crippen LogP contribution in [-0.2, 0) is 0 Å². The van der Waals surface area contributed by atoms with Gasteiger partial charge >= 0.3 is 6.09 Å². The summed E-state index contributed by atoms with van der Waals surface area (Å²) in [5.74, 6) is 1.82. The summed E-state index contributed by atoms with van der Waals surface area (Å²) in [5, 5.41) is 11.3. The van der Waals surface area contributed by atoms with Crippen LogP contribution in [0.4, 0.5) is 4.79 Å². The molecule has 0 aliphatic rings. The molecular weight excluding hydrogens is 226 g/mol. The van der Waals surface area contributed by atoms with Gasteiger partial charge in [0.05, 0.1) is 0 Å². The van der Waals surface area contributed by atoms with E-state index < -0.39 is 6.09 Å². The van der Waals surface area contributed by atoms with Crippen LogP contribution in [0.15, 0.2) is 0 Å². The van der Waals surface area contributed by atoms with Crippen molar-refractivity contribution in [2.24, 2.45) is 17.8 Å². The Morgan fingerprint density at radius 2 is 1.78 bits per heavy atom. The van der Waals surface area contributed by atoms with E-state index in [-0.39, 0.29) is 0 Å². The van der Waals surface area contributed by atoms with E-state index >= 15 is 0 Å². The van der Waals surface area contributed by atoms with Gasteiger partial charge in [0.15, 0.2) is 0 Å². The molecule has 18 heavy (non-hydrogen) atoms. The summed E-state index contributed by atoms with van der Waals surface area (Å²) in [7, 11) is 0. The fraction of sp³-hybridized carbons (Fsp3) is 0.933. The first-order chi connectivity index (χ1) is 8.56. The van der Waals surface area contributed by atoms with Gasteiger partial charge in [-0.15, -0.1) is 0 Å². The number of hydrogen-bond donors (Lipinski definition) is 2. The number of amides is 1. The van der Waals surface area contributed by atoms with Crippen molar-refractivity contribution in [1.82, 2.24) is 5.32 Å². The van der Waals surface area contributed by atoms with Crippen molar-refractivity contribution in [3.63, 3.8) is 0 Å². The van der Waals surface area contributed by atoms with Crippen molar-refractivity contribution in [3.8, 4) is 0 Å². The summed E-state index contributed by atoms with van der Waals surface area (Å²) in [4.78, 5) is 10.7. The second kappa shape index (κ2) is 10.2. The molecule has 0 fully saturated rings. The van der Waals surface area contributed by atoms with E-state index in [0.29, 0.717) is 18.4 Å². The number of hydrogen-bond acceptors (Lipinski definition) is 1. The zero-order chi connectivity index (χ0) is 14.0. The Morgan fingerprint density at radius 1 is 1.11 bits per heavy atom. The zero-order valence-electron chi connectivity index (χ0n) is 12.5. The van der Waals surface area contributed by atoms with Gasteiger partial charge in [0.2, 0.25) is 0 Å². The van der Waals surface area contributed by atoms with Crippen molar-refractivity contribution < 1.29 is 9.90 Å². The van der Waals surface area contributed by atoms with Gasteiger partial charge in [-0.05, 0) is 24.2 Å². The average molecular weight is 257 g/mol. The Kier molecular flexibility index (Phi) is 9.80. The lowest BCUT2D eigenvalue weighted by Gasteiger charge is -2.30. The van der Waals surface area contributed by atoms with Gasteiger partial charge < -0.3 is 10.4 Å². The lowest BCUT2D eigenvalue weighted by Crippen LogP contribution is -2.33. The standard InChI is InChI=1S/C15H31NO2/c1-5-8-10-14(11-16-15(17)18)12(4)13(7-3)9-6-2/h12-14,16H,5-11H2,1-4H3,(H,17,18). The molecule has 1 amide bonds. The van der Waals surface area contributed by atoms with Crippen LogP contribution in [0.3, 0.4) is 0 Å². The molecular formula is C15H31NO2. The molecule has 0 aromatic heterocycles. The Morgan fingerprint density at radius 3 is 2.22 bits per heavy atom. The SMILES string of the molecule is CCCCC(CNC(=O)O)C(C)C(CC)CCC. The van der Waals surface area contributed by atoms with Gasteiger partial charge in [-0.3, -0.25) is 0 Å². The van der Waals surface area contributed by atoms with E-state index in [4.69, 9.17) is 5.11 Å². The molecule has 0 heterocycles. The van der Waals surface area contributed by atoms with Crippen LogP contribution in [0.5, 0.6) is 0 Å². The van der Waals surface area contributed by atoms with E-state index in [0.717, 1.165) is 12.3 Å². The van der Waals surface area contributed by atoms with Crippen LogP contribution < -0.4 is 5.32 Å². The Balaban J connectivity index is 4.43. The molecule has 0 saturated carbocycles. The number of unbranched alkanes of at least 4 members (excludes halogenated alkanes) is 1. The molecule has 0 aliphatic heterocycles. The highest BCUT2D eigenvalue weighted by atomic mass is 16.4. The predicted molar refractivity (Wildman–Crippen MR) is 76.9 cm³/mol. The molecule has 0 aromatic carbocycles. The van der Waals surface area contributed by atoms with Gasteiger partial charge in [0, 0.05) is 6.54 Å². The molecule has 3 unspecified atom stereocenters. The van der Waals surface area contributed by atoms with Crippen molar-refractivity contribution in [2.75, 3.05) is 6.54 Å². The first kappa shape index (κ1) is 17.3. The average Bonchev–Trinajstić information content (AvgIpc) is 2.35. The molecule has 108 valence electrons. The van der Waals surface area contributed by atoms with Crippen LogP contribution in [-0.4, -0.2) is 17.7 Å². The Labute approximate surface area is 112 Å². The predicted octanol–water partition coefficient (Wildman–Crippen LogP) is 4.52. The topological polar surface area (TPSA) is 49.3 Å². The lowest BCUT2D eigenvalue weighted by molar-refractivity contribution is 0.177. The van der Waals surface area contributed by atoms with Crippen LogP contribution in [0.2, 0.25) is 0 Å². The molecule has 0 aromatic rings. The molecule has 0 rings (SSSR count). The summed E-state index contributed by atoms with van der Waals surface area (Å²) in [5.41, 5.74) is 0. The minimum Gasteiger partial charge on any atom is -0.465 e. The van der Waals surface area contributed by atoms with E-state index in [9.17, 15) is 4.79 Å². The van der Waals surface area contributed by atoms with Gasteiger partial charge in [-0.2, -0.15) is 0 Å². The van der Waals surface area contributed by atoms with E-state index in [1.165, 1.54) is 32.1 Å². The highest BCUT2D eigenvalue weighted by molar-refractivity contribution is 5.64. The maximum Gasteiger partial charge on any atom is 0.404 e. The normalized spacial score (nSPS) is 16.0. The molecule has 2 N–H and O–H groups in total. The molecule has 3 nitrogen and oxygen atoms in total. The van der Waals surface area contributed by atoms with Gasteiger partial charge in [-0.1, -0.05) is 59.8 Å². The van der Waals surface area contributed by atoms with Crippen molar-refractivity contribution in [1.29, 1.82) is 0 Å². The number of rotatable bonds is 10. The lowest BCUT2D eigenvalue weighted by atomic mass is 9.77. The maximum atomic E-state index is 10.7. The number of carbonyl (C=O) groups is 1. The fourth-order valence-corrected chi connectivity index (χ4v) is 2.83. The molecule has 0 bridgehead atoms. The minimum absolute atomic E-state index is 0.484. The first-order valence-corrected chi connectivity index (χ1v) is 7.53. The third kappa shape index (κ3) is 6.87. The van der Waals surface area contributed by atoms with Gasteiger partial charge in [-0.25, -0.2) is 4.79 Å². The molecule has 0 saturated heterocycles. The van der Waals surface area contributed by atoms with E-state index in [1.54, 1.807) is 0 Å². The summed E-state index contributed by atoms with van der Waals surface area (Å²) >= 11 is 0. The zero-order valence-corrected chi connectivity index (χ0v) is 12.5. The number of nitrogens with one attached hydrogen (secondary N) is 1. The highest BCUT2D eigenvalue weighted by Crippen LogP contribution is 2.30. The fourth-order valence-electron chi connectivity index (χ4n) is 2.83. The van der Waals surface area contributed by atoms with Crippen molar-refractivity contribution in [2.45, 2.75) is 66.2 Å². The highest BCUT2D eigenvalue weighted by Gasteiger charge is 2.24. The summed E-state index contributed by atoms with van der Waals surface area (Å²) < 4.78 is 0. The summed E-state index contributed by atoms with van der Waals surface area (Å²) in [6.07, 6.45) is 6.29. The minimum atomic E-state index is -0.896. The van der Waals surface area contributed by atoms with Crippen LogP contribution in [0.1, 0.15) is 66.2 Å². The third-order valence-electron chi connectivity index (χ3n) is 4.11. The molecule has 3 atom stereocenters. The van der Waals surface area contributed by atoms with Gasteiger partial charge in [0.1, 0.15) is 0 Å². The largest absolute Gasteiger partial charge is 0.465 e. The quantitative estimate of drug-likeness (QED) is 0.604. The smallest absolute Gasteiger partial charge is 0.404 e. The molecule has 3 heteroatoms. The Bertz CT molecular complexity index is 219. The van der Waals surface area contributed by atoms with Crippen LogP contribution >= 0.6 is 0 Å². The van der Waals surface area contributed by atoms with Crippen LogP contribution in [0, 0.1) is 17.8 Å². The summed E-state index contributed by atoms with van der Waals surface area (Å²) in [6.45, 7) is 9.57. The first-order valence-electron chi connectivity index (χ1n) is 7.53. The Hall–Kier alpha value is -0.730. The summed E-state index contributed by atoms with van der Waals surface area (Å²) in [6, 6.07) is 0. The van der Waals surface area contributed by atoms with Crippen molar-refractivity contribution in [3.05, 3.63) is 0 Å².